The van der Waals surface area contributed by atoms with E-state index in [1.165, 1.54) is 0 Å². The number of nitrogens with one attached hydrogen (secondary N) is 1. The van der Waals surface area contributed by atoms with Gasteiger partial charge >= 0.3 is 0 Å². The van der Waals surface area contributed by atoms with E-state index in [9.17, 15) is 9.59 Å². The molecule has 0 fully saturated rings. The molecule has 0 aliphatic carbocycles. The third-order valence-corrected chi connectivity index (χ3v) is 5.33. The summed E-state index contributed by atoms with van der Waals surface area (Å²) in [5, 5.41) is 3.60. The third kappa shape index (κ3) is 7.17. The first-order valence-corrected chi connectivity index (χ1v) is 10.9. The summed E-state index contributed by atoms with van der Waals surface area (Å²) in [7, 11) is 1.54. The van der Waals surface area contributed by atoms with Gasteiger partial charge in [-0.1, -0.05) is 49.7 Å². The van der Waals surface area contributed by atoms with Gasteiger partial charge < -0.3 is 19.7 Å². The van der Waals surface area contributed by atoms with Gasteiger partial charge in [0.05, 0.1) is 7.11 Å². The van der Waals surface area contributed by atoms with Gasteiger partial charge in [-0.15, -0.1) is 0 Å². The molecule has 0 unspecified atom stereocenters. The van der Waals surface area contributed by atoms with Crippen LogP contribution in [0.25, 0.3) is 0 Å². The first-order valence-electron chi connectivity index (χ1n) is 10.5. The molecule has 2 aromatic carbocycles. The molecule has 0 heterocycles. The molecular weight excluding hydrogens is 416 g/mol. The maximum Gasteiger partial charge on any atom is 0.261 e. The van der Waals surface area contributed by atoms with Gasteiger partial charge in [-0.05, 0) is 49.6 Å². The number of rotatable bonds is 11. The molecule has 6 nitrogen and oxygen atoms in total. The Balaban J connectivity index is 2.23. The van der Waals surface area contributed by atoms with Gasteiger partial charge in [0.1, 0.15) is 6.04 Å². The summed E-state index contributed by atoms with van der Waals surface area (Å²) < 4.78 is 11.0. The monoisotopic (exact) mass is 446 g/mol. The molecule has 2 atom stereocenters. The van der Waals surface area contributed by atoms with E-state index in [1.54, 1.807) is 36.3 Å². The average molecular weight is 447 g/mol. The number of ether oxygens (including phenoxy) is 2. The van der Waals surface area contributed by atoms with Crippen LogP contribution in [0, 0.1) is 0 Å². The lowest BCUT2D eigenvalue weighted by molar-refractivity contribution is -0.143. The molecule has 0 bridgehead atoms. The summed E-state index contributed by atoms with van der Waals surface area (Å²) in [5.74, 6) is 0.562. The van der Waals surface area contributed by atoms with Gasteiger partial charge in [0.2, 0.25) is 5.91 Å². The van der Waals surface area contributed by atoms with Gasteiger partial charge in [-0.2, -0.15) is 0 Å². The van der Waals surface area contributed by atoms with Crippen molar-refractivity contribution in [1.82, 2.24) is 10.2 Å². The van der Waals surface area contributed by atoms with E-state index in [1.807, 2.05) is 45.0 Å². The van der Waals surface area contributed by atoms with Crippen LogP contribution in [0.5, 0.6) is 11.5 Å². The molecule has 2 amide bonds. The Morgan fingerprint density at radius 1 is 1.03 bits per heavy atom. The fourth-order valence-electron chi connectivity index (χ4n) is 3.11. The largest absolute Gasteiger partial charge is 0.493 e. The van der Waals surface area contributed by atoms with E-state index in [2.05, 4.69) is 5.32 Å². The summed E-state index contributed by atoms with van der Waals surface area (Å²) in [6.07, 6.45) is 1.29. The van der Waals surface area contributed by atoms with Gasteiger partial charge in [-0.25, -0.2) is 0 Å². The highest BCUT2D eigenvalue weighted by Crippen LogP contribution is 2.26. The molecule has 0 aromatic heterocycles. The zero-order chi connectivity index (χ0) is 22.8. The van der Waals surface area contributed by atoms with Crippen LogP contribution in [0.1, 0.15) is 39.2 Å². The number of benzene rings is 2. The number of methoxy groups -OCH3 is 1. The van der Waals surface area contributed by atoms with Crippen molar-refractivity contribution in [3.8, 4) is 11.5 Å². The van der Waals surface area contributed by atoms with Crippen molar-refractivity contribution in [2.75, 3.05) is 13.7 Å². The molecule has 7 heteroatoms. The zero-order valence-corrected chi connectivity index (χ0v) is 19.3. The maximum atomic E-state index is 13.2. The standard InChI is InChI=1S/C24H31ClN2O4/c1-5-17(3)26-24(29)20(6-2)27(15-18-11-13-19(25)14-12-18)23(28)16-31-22-10-8-7-9-21(22)30-4/h7-14,17,20H,5-6,15-16H2,1-4H3,(H,26,29)/t17-,20-/m0/s1. The van der Waals surface area contributed by atoms with E-state index in [0.29, 0.717) is 22.9 Å². The third-order valence-electron chi connectivity index (χ3n) is 5.07. The Kier molecular flexibility index (Phi) is 9.66. The molecule has 2 aromatic rings. The van der Waals surface area contributed by atoms with Crippen LogP contribution in [0.2, 0.25) is 5.02 Å². The second kappa shape index (κ2) is 12.2. The van der Waals surface area contributed by atoms with Crippen molar-refractivity contribution in [3.63, 3.8) is 0 Å². The van der Waals surface area contributed by atoms with Crippen molar-refractivity contribution in [2.24, 2.45) is 0 Å². The highest BCUT2D eigenvalue weighted by atomic mass is 35.5. The van der Waals surface area contributed by atoms with Crippen LogP contribution in [0.3, 0.4) is 0 Å². The van der Waals surface area contributed by atoms with Gasteiger partial charge in [0.15, 0.2) is 18.1 Å². The summed E-state index contributed by atoms with van der Waals surface area (Å²) in [6.45, 7) is 5.91. The van der Waals surface area contributed by atoms with Crippen LogP contribution >= 0.6 is 11.6 Å². The van der Waals surface area contributed by atoms with Crippen molar-refractivity contribution in [3.05, 3.63) is 59.1 Å². The number of amides is 2. The van der Waals surface area contributed by atoms with Crippen molar-refractivity contribution in [2.45, 2.75) is 52.2 Å². The lowest BCUT2D eigenvalue weighted by Crippen LogP contribution is -2.51. The summed E-state index contributed by atoms with van der Waals surface area (Å²) in [6, 6.07) is 13.8. The van der Waals surface area contributed by atoms with Crippen LogP contribution in [0.4, 0.5) is 0 Å². The smallest absolute Gasteiger partial charge is 0.261 e. The molecule has 0 saturated heterocycles. The minimum absolute atomic E-state index is 0.0267. The summed E-state index contributed by atoms with van der Waals surface area (Å²) >= 11 is 5.99. The average Bonchev–Trinajstić information content (AvgIpc) is 2.78. The molecular formula is C24H31ClN2O4. The van der Waals surface area contributed by atoms with E-state index >= 15 is 0 Å². The normalized spacial score (nSPS) is 12.5. The summed E-state index contributed by atoms with van der Waals surface area (Å²) in [4.78, 5) is 27.7. The Labute approximate surface area is 189 Å². The Bertz CT molecular complexity index is 857. The van der Waals surface area contributed by atoms with E-state index < -0.39 is 6.04 Å². The lowest BCUT2D eigenvalue weighted by Gasteiger charge is -2.31. The predicted octanol–water partition coefficient (Wildman–Crippen LogP) is 4.45. The molecule has 31 heavy (non-hydrogen) atoms. The van der Waals surface area contributed by atoms with E-state index in [-0.39, 0.29) is 31.0 Å². The van der Waals surface area contributed by atoms with Gasteiger partial charge in [-0.3, -0.25) is 9.59 Å². The van der Waals surface area contributed by atoms with Gasteiger partial charge in [0.25, 0.3) is 5.91 Å². The second-order valence-electron chi connectivity index (χ2n) is 7.33. The predicted molar refractivity (Wildman–Crippen MR) is 122 cm³/mol. The van der Waals surface area contributed by atoms with Crippen molar-refractivity contribution >= 4 is 23.4 Å². The second-order valence-corrected chi connectivity index (χ2v) is 7.77. The highest BCUT2D eigenvalue weighted by molar-refractivity contribution is 6.30. The molecule has 0 aliphatic heterocycles. The zero-order valence-electron chi connectivity index (χ0n) is 18.6. The number of halogens is 1. The van der Waals surface area contributed by atoms with Crippen molar-refractivity contribution in [1.29, 1.82) is 0 Å². The minimum Gasteiger partial charge on any atom is -0.493 e. The number of para-hydroxylation sites is 2. The fraction of sp³-hybridized carbons (Fsp3) is 0.417. The first-order chi connectivity index (χ1) is 14.9. The van der Waals surface area contributed by atoms with Crippen LogP contribution < -0.4 is 14.8 Å². The maximum absolute atomic E-state index is 13.2. The molecule has 0 spiro atoms. The van der Waals surface area contributed by atoms with Crippen LogP contribution in [0.15, 0.2) is 48.5 Å². The van der Waals surface area contributed by atoms with E-state index in [0.717, 1.165) is 12.0 Å². The van der Waals surface area contributed by atoms with Crippen LogP contribution in [-0.2, 0) is 16.1 Å². The molecule has 0 aliphatic rings. The number of nitrogens with zero attached hydrogens (tertiary/aromatic N) is 1. The van der Waals surface area contributed by atoms with Gasteiger partial charge in [0, 0.05) is 17.6 Å². The fourth-order valence-corrected chi connectivity index (χ4v) is 3.23. The Morgan fingerprint density at radius 2 is 1.68 bits per heavy atom. The minimum atomic E-state index is -0.613. The SMILES string of the molecule is CC[C@H](C)NC(=O)[C@H](CC)N(Cc1ccc(Cl)cc1)C(=O)COc1ccccc1OC. The number of hydrogen-bond acceptors (Lipinski definition) is 4. The highest BCUT2D eigenvalue weighted by Gasteiger charge is 2.29. The van der Waals surface area contributed by atoms with E-state index in [4.69, 9.17) is 21.1 Å². The molecule has 168 valence electrons. The lowest BCUT2D eigenvalue weighted by atomic mass is 10.1. The first kappa shape index (κ1) is 24.5. The molecule has 0 saturated carbocycles. The Morgan fingerprint density at radius 3 is 2.26 bits per heavy atom. The number of carbonyl (C=O) groups is 2. The molecule has 1 N–H and O–H groups in total. The number of hydrogen-bond donors (Lipinski definition) is 1. The topological polar surface area (TPSA) is 67.9 Å². The molecule has 2 rings (SSSR count). The summed E-state index contributed by atoms with van der Waals surface area (Å²) in [5.41, 5.74) is 0.879. The van der Waals surface area contributed by atoms with Crippen molar-refractivity contribution < 1.29 is 19.1 Å². The number of carbonyl (C=O) groups excluding carboxylic acids is 2. The Hall–Kier alpha value is -2.73. The quantitative estimate of drug-likeness (QED) is 0.553. The molecule has 0 radical (unpaired) electrons. The van der Waals surface area contributed by atoms with Crippen LogP contribution in [-0.4, -0.2) is 42.5 Å².